The highest BCUT2D eigenvalue weighted by molar-refractivity contribution is 7.99. The molecule has 0 aliphatic rings. The van der Waals surface area contributed by atoms with Crippen LogP contribution in [0.15, 0.2) is 53.7 Å². The van der Waals surface area contributed by atoms with E-state index in [0.29, 0.717) is 40.0 Å². The zero-order valence-electron chi connectivity index (χ0n) is 16.2. The van der Waals surface area contributed by atoms with Crippen molar-refractivity contribution in [1.82, 2.24) is 20.1 Å². The van der Waals surface area contributed by atoms with Crippen molar-refractivity contribution in [3.8, 4) is 11.4 Å². The molecule has 1 heterocycles. The van der Waals surface area contributed by atoms with Crippen LogP contribution in [0.5, 0.6) is 0 Å². The van der Waals surface area contributed by atoms with E-state index in [1.165, 1.54) is 11.8 Å². The molecule has 0 saturated carbocycles. The molecule has 0 atom stereocenters. The van der Waals surface area contributed by atoms with Crippen molar-refractivity contribution in [2.45, 2.75) is 25.5 Å². The van der Waals surface area contributed by atoms with Crippen LogP contribution in [0.25, 0.3) is 11.4 Å². The van der Waals surface area contributed by atoms with E-state index < -0.39 is 0 Å². The number of carbonyl (C=O) groups is 1. The maximum absolute atomic E-state index is 12.1. The fraction of sp³-hybridized carbons (Fsp3) is 0.286. The van der Waals surface area contributed by atoms with Gasteiger partial charge in [0.05, 0.1) is 17.3 Å². The number of nitrogens with one attached hydrogen (secondary N) is 1. The van der Waals surface area contributed by atoms with Crippen molar-refractivity contribution in [2.24, 2.45) is 5.92 Å². The van der Waals surface area contributed by atoms with Crippen LogP contribution in [0.1, 0.15) is 19.4 Å². The van der Waals surface area contributed by atoms with Crippen molar-refractivity contribution in [2.75, 3.05) is 12.3 Å². The Morgan fingerprint density at radius 3 is 2.59 bits per heavy atom. The second kappa shape index (κ2) is 10.1. The average Bonchev–Trinajstić information content (AvgIpc) is 3.08. The lowest BCUT2D eigenvalue weighted by atomic mass is 10.2. The summed E-state index contributed by atoms with van der Waals surface area (Å²) < 4.78 is 1.98. The molecule has 0 radical (unpaired) electrons. The highest BCUT2D eigenvalue weighted by Gasteiger charge is 2.18. The Kier molecular flexibility index (Phi) is 7.58. The molecule has 0 aliphatic heterocycles. The number of aromatic nitrogens is 3. The normalized spacial score (nSPS) is 11.1. The molecular formula is C21H22Cl2N4OS. The van der Waals surface area contributed by atoms with Gasteiger partial charge in [-0.1, -0.05) is 79.1 Å². The van der Waals surface area contributed by atoms with Crippen LogP contribution >= 0.6 is 35.0 Å². The van der Waals surface area contributed by atoms with Crippen LogP contribution in [0.2, 0.25) is 10.0 Å². The molecule has 3 rings (SSSR count). The molecule has 2 aromatic carbocycles. The van der Waals surface area contributed by atoms with E-state index in [1.807, 2.05) is 41.0 Å². The number of rotatable bonds is 8. The van der Waals surface area contributed by atoms with Crippen molar-refractivity contribution in [3.05, 3.63) is 64.1 Å². The monoisotopic (exact) mass is 448 g/mol. The van der Waals surface area contributed by atoms with Crippen LogP contribution in [-0.4, -0.2) is 33.0 Å². The summed E-state index contributed by atoms with van der Waals surface area (Å²) in [7, 11) is 0. The fourth-order valence-electron chi connectivity index (χ4n) is 2.67. The molecule has 3 aromatic rings. The molecule has 0 spiro atoms. The molecule has 1 amide bonds. The number of thioether (sulfide) groups is 1. The van der Waals surface area contributed by atoms with Gasteiger partial charge in [0.2, 0.25) is 5.91 Å². The topological polar surface area (TPSA) is 59.8 Å². The minimum absolute atomic E-state index is 0.0240. The summed E-state index contributed by atoms with van der Waals surface area (Å²) in [5, 5.41) is 13.3. The van der Waals surface area contributed by atoms with Crippen LogP contribution in [0.3, 0.4) is 0 Å². The Labute approximate surface area is 184 Å². The molecule has 0 fully saturated rings. The van der Waals surface area contributed by atoms with E-state index >= 15 is 0 Å². The van der Waals surface area contributed by atoms with Gasteiger partial charge in [-0.05, 0) is 29.7 Å². The lowest BCUT2D eigenvalue weighted by molar-refractivity contribution is -0.118. The molecule has 0 saturated heterocycles. The average molecular weight is 449 g/mol. The van der Waals surface area contributed by atoms with Gasteiger partial charge in [0, 0.05) is 17.1 Å². The summed E-state index contributed by atoms with van der Waals surface area (Å²) in [6.07, 6.45) is 0. The first-order valence-electron chi connectivity index (χ1n) is 9.26. The highest BCUT2D eigenvalue weighted by atomic mass is 35.5. The molecular weight excluding hydrogens is 427 g/mol. The van der Waals surface area contributed by atoms with Gasteiger partial charge in [0.25, 0.3) is 0 Å². The molecule has 0 unspecified atom stereocenters. The van der Waals surface area contributed by atoms with E-state index in [0.717, 1.165) is 11.1 Å². The molecule has 1 N–H and O–H groups in total. The lowest BCUT2D eigenvalue weighted by Crippen LogP contribution is -2.28. The number of hydrogen-bond donors (Lipinski definition) is 1. The molecule has 0 aliphatic carbocycles. The van der Waals surface area contributed by atoms with Crippen molar-refractivity contribution in [3.63, 3.8) is 0 Å². The Hall–Kier alpha value is -2.02. The second-order valence-corrected chi connectivity index (χ2v) is 8.77. The van der Waals surface area contributed by atoms with Crippen LogP contribution < -0.4 is 5.32 Å². The first-order chi connectivity index (χ1) is 13.9. The molecule has 29 heavy (non-hydrogen) atoms. The summed E-state index contributed by atoms with van der Waals surface area (Å²) in [4.78, 5) is 12.1. The van der Waals surface area contributed by atoms with Gasteiger partial charge in [-0.3, -0.25) is 9.36 Å². The first-order valence-corrected chi connectivity index (χ1v) is 11.0. The van der Waals surface area contributed by atoms with E-state index in [9.17, 15) is 4.79 Å². The highest BCUT2D eigenvalue weighted by Crippen LogP contribution is 2.32. The van der Waals surface area contributed by atoms with Crippen molar-refractivity contribution in [1.29, 1.82) is 0 Å². The number of hydrogen-bond acceptors (Lipinski definition) is 4. The third kappa shape index (κ3) is 5.98. The quantitative estimate of drug-likeness (QED) is 0.483. The molecule has 1 aromatic heterocycles. The minimum Gasteiger partial charge on any atom is -0.355 e. The van der Waals surface area contributed by atoms with Gasteiger partial charge < -0.3 is 5.32 Å². The van der Waals surface area contributed by atoms with E-state index in [-0.39, 0.29) is 11.7 Å². The van der Waals surface area contributed by atoms with Gasteiger partial charge in [-0.2, -0.15) is 0 Å². The van der Waals surface area contributed by atoms with Gasteiger partial charge >= 0.3 is 0 Å². The summed E-state index contributed by atoms with van der Waals surface area (Å²) in [5.41, 5.74) is 1.85. The van der Waals surface area contributed by atoms with Crippen LogP contribution in [0, 0.1) is 5.92 Å². The number of nitrogens with zero attached hydrogens (tertiary/aromatic N) is 3. The lowest BCUT2D eigenvalue weighted by Gasteiger charge is -2.12. The number of amides is 1. The molecule has 8 heteroatoms. The smallest absolute Gasteiger partial charge is 0.230 e. The maximum Gasteiger partial charge on any atom is 0.230 e. The predicted octanol–water partition coefficient (Wildman–Crippen LogP) is 5.16. The maximum atomic E-state index is 12.1. The van der Waals surface area contributed by atoms with Crippen LogP contribution in [-0.2, 0) is 11.3 Å². The Morgan fingerprint density at radius 2 is 1.90 bits per heavy atom. The second-order valence-electron chi connectivity index (χ2n) is 6.99. The van der Waals surface area contributed by atoms with Crippen molar-refractivity contribution >= 4 is 40.9 Å². The zero-order valence-corrected chi connectivity index (χ0v) is 18.6. The number of carbonyl (C=O) groups excluding carboxylic acids is 1. The summed E-state index contributed by atoms with van der Waals surface area (Å²) >= 11 is 13.8. The summed E-state index contributed by atoms with van der Waals surface area (Å²) in [5.74, 6) is 1.29. The van der Waals surface area contributed by atoms with E-state index in [1.54, 1.807) is 12.1 Å². The summed E-state index contributed by atoms with van der Waals surface area (Å²) in [6.45, 7) is 5.35. The minimum atomic E-state index is -0.0240. The third-order valence-corrected chi connectivity index (χ3v) is 5.63. The van der Waals surface area contributed by atoms with Gasteiger partial charge in [-0.15, -0.1) is 10.2 Å². The summed E-state index contributed by atoms with van der Waals surface area (Å²) in [6, 6.07) is 15.3. The molecule has 0 bridgehead atoms. The van der Waals surface area contributed by atoms with E-state index in [4.69, 9.17) is 23.2 Å². The number of halogens is 2. The molecule has 152 valence electrons. The fourth-order valence-corrected chi connectivity index (χ4v) is 3.93. The van der Waals surface area contributed by atoms with Gasteiger partial charge in [0.1, 0.15) is 0 Å². The Balaban J connectivity index is 1.88. The number of benzene rings is 2. The van der Waals surface area contributed by atoms with Crippen LogP contribution in [0.4, 0.5) is 0 Å². The van der Waals surface area contributed by atoms with E-state index in [2.05, 4.69) is 29.4 Å². The SMILES string of the molecule is CC(C)CNC(=O)CSc1nnc(-c2ccc(Cl)cc2Cl)n1Cc1ccccc1. The largest absolute Gasteiger partial charge is 0.355 e. The standard InChI is InChI=1S/C21H22Cl2N4OS/c1-14(2)11-24-19(28)13-29-21-26-25-20(17-9-8-16(22)10-18(17)23)27(21)12-15-6-4-3-5-7-15/h3-10,14H,11-13H2,1-2H3,(H,24,28). The third-order valence-electron chi connectivity index (χ3n) is 4.11. The Bertz CT molecular complexity index is 976. The first kappa shape index (κ1) is 21.7. The van der Waals surface area contributed by atoms with Crippen molar-refractivity contribution < 1.29 is 4.79 Å². The molecule has 5 nitrogen and oxygen atoms in total. The predicted molar refractivity (Wildman–Crippen MR) is 120 cm³/mol. The Morgan fingerprint density at radius 1 is 1.14 bits per heavy atom. The van der Waals surface area contributed by atoms with Gasteiger partial charge in [0.15, 0.2) is 11.0 Å². The van der Waals surface area contributed by atoms with Gasteiger partial charge in [-0.25, -0.2) is 0 Å². The zero-order chi connectivity index (χ0) is 20.8.